The Morgan fingerprint density at radius 3 is 2.81 bits per heavy atom. The van der Waals surface area contributed by atoms with Gasteiger partial charge < -0.3 is 15.5 Å². The molecule has 1 saturated heterocycles. The van der Waals surface area contributed by atoms with E-state index in [1.54, 1.807) is 0 Å². The number of hydrogen-bond acceptors (Lipinski definition) is 3. The van der Waals surface area contributed by atoms with E-state index < -0.39 is 0 Å². The van der Waals surface area contributed by atoms with E-state index in [0.717, 1.165) is 44.3 Å². The van der Waals surface area contributed by atoms with Gasteiger partial charge in [-0.15, -0.1) is 0 Å². The van der Waals surface area contributed by atoms with Gasteiger partial charge in [0.05, 0.1) is 0 Å². The molecule has 1 atom stereocenters. The highest BCUT2D eigenvalue weighted by Gasteiger charge is 2.20. The fraction of sp³-hybridized carbons (Fsp3) is 0.455. The number of aryl methyl sites for hydroxylation is 1. The van der Waals surface area contributed by atoms with E-state index in [1.807, 2.05) is 13.1 Å². The van der Waals surface area contributed by atoms with E-state index in [2.05, 4.69) is 69.9 Å². The van der Waals surface area contributed by atoms with Crippen LogP contribution >= 0.6 is 0 Å². The molecule has 1 aliphatic heterocycles. The van der Waals surface area contributed by atoms with Crippen LogP contribution in [0.2, 0.25) is 0 Å². The third kappa shape index (κ3) is 5.98. The second kappa shape index (κ2) is 9.95. The minimum atomic E-state index is 0.415. The number of para-hydroxylation sites is 1. The van der Waals surface area contributed by atoms with Crippen molar-refractivity contribution in [3.63, 3.8) is 0 Å². The first-order valence-electron chi connectivity index (χ1n) is 10.0. The predicted octanol–water partition coefficient (Wildman–Crippen LogP) is 3.16. The van der Waals surface area contributed by atoms with Gasteiger partial charge in [0.15, 0.2) is 5.96 Å². The average molecular weight is 366 g/mol. The summed E-state index contributed by atoms with van der Waals surface area (Å²) >= 11 is 0. The highest BCUT2D eigenvalue weighted by Crippen LogP contribution is 2.19. The fourth-order valence-corrected chi connectivity index (χ4v) is 3.42. The molecular weight excluding hydrogens is 334 g/mol. The zero-order valence-electron chi connectivity index (χ0n) is 16.5. The third-order valence-corrected chi connectivity index (χ3v) is 4.87. The Morgan fingerprint density at radius 2 is 2.07 bits per heavy atom. The summed E-state index contributed by atoms with van der Waals surface area (Å²) in [6.07, 6.45) is 5.23. The van der Waals surface area contributed by atoms with Crippen LogP contribution in [0, 0.1) is 6.92 Å². The lowest BCUT2D eigenvalue weighted by atomic mass is 10.1. The van der Waals surface area contributed by atoms with E-state index >= 15 is 0 Å². The smallest absolute Gasteiger partial charge is 0.191 e. The van der Waals surface area contributed by atoms with Crippen LogP contribution in [0.1, 0.15) is 31.0 Å². The van der Waals surface area contributed by atoms with Crippen LogP contribution in [0.4, 0.5) is 5.69 Å². The van der Waals surface area contributed by atoms with Crippen molar-refractivity contribution in [2.45, 2.75) is 39.2 Å². The van der Waals surface area contributed by atoms with Gasteiger partial charge in [-0.25, -0.2) is 0 Å². The van der Waals surface area contributed by atoms with E-state index in [-0.39, 0.29) is 0 Å². The van der Waals surface area contributed by atoms with Crippen molar-refractivity contribution in [2.24, 2.45) is 4.99 Å². The van der Waals surface area contributed by atoms with Crippen molar-refractivity contribution in [1.82, 2.24) is 15.6 Å². The summed E-state index contributed by atoms with van der Waals surface area (Å²) in [6, 6.07) is 15.3. The highest BCUT2D eigenvalue weighted by molar-refractivity contribution is 5.80. The Labute approximate surface area is 162 Å². The van der Waals surface area contributed by atoms with Crippen molar-refractivity contribution in [3.05, 3.63) is 59.9 Å². The Morgan fingerprint density at radius 1 is 1.22 bits per heavy atom. The summed E-state index contributed by atoms with van der Waals surface area (Å²) in [4.78, 5) is 11.6. The molecule has 0 bridgehead atoms. The first-order chi connectivity index (χ1) is 13.2. The summed E-state index contributed by atoms with van der Waals surface area (Å²) in [5.74, 6) is 0.914. The average Bonchev–Trinajstić information content (AvgIpc) is 2.70. The van der Waals surface area contributed by atoms with E-state index in [1.165, 1.54) is 24.1 Å². The van der Waals surface area contributed by atoms with Crippen molar-refractivity contribution in [1.29, 1.82) is 0 Å². The molecule has 1 aromatic heterocycles. The molecule has 1 aliphatic rings. The Balaban J connectivity index is 1.55. The third-order valence-electron chi connectivity index (χ3n) is 4.87. The molecule has 3 rings (SSSR count). The number of nitrogens with zero attached hydrogens (tertiary/aromatic N) is 3. The summed E-state index contributed by atoms with van der Waals surface area (Å²) < 4.78 is 0. The minimum Gasteiger partial charge on any atom is -0.369 e. The van der Waals surface area contributed by atoms with E-state index in [0.29, 0.717) is 6.04 Å². The number of pyridine rings is 1. The maximum Gasteiger partial charge on any atom is 0.191 e. The zero-order valence-corrected chi connectivity index (χ0v) is 16.5. The fourth-order valence-electron chi connectivity index (χ4n) is 3.42. The molecule has 27 heavy (non-hydrogen) atoms. The number of nitrogens with one attached hydrogen (secondary N) is 2. The van der Waals surface area contributed by atoms with Gasteiger partial charge in [0.2, 0.25) is 0 Å². The molecule has 5 heteroatoms. The zero-order chi connectivity index (χ0) is 18.9. The molecule has 0 spiro atoms. The molecule has 1 unspecified atom stereocenters. The Bertz CT molecular complexity index is 711. The van der Waals surface area contributed by atoms with Gasteiger partial charge in [0.25, 0.3) is 0 Å². The molecule has 1 aromatic carbocycles. The maximum atomic E-state index is 4.77. The van der Waals surface area contributed by atoms with Crippen LogP contribution in [0.15, 0.2) is 53.7 Å². The molecule has 0 aliphatic carbocycles. The molecular formula is C22H31N5. The van der Waals surface area contributed by atoms with Crippen molar-refractivity contribution in [2.75, 3.05) is 31.1 Å². The Kier molecular flexibility index (Phi) is 7.08. The van der Waals surface area contributed by atoms with Gasteiger partial charge in [-0.2, -0.15) is 0 Å². The van der Waals surface area contributed by atoms with Gasteiger partial charge >= 0.3 is 0 Å². The summed E-state index contributed by atoms with van der Waals surface area (Å²) in [6.45, 7) is 7.88. The first kappa shape index (κ1) is 19.2. The van der Waals surface area contributed by atoms with Crippen LogP contribution in [0.3, 0.4) is 0 Å². The standard InChI is InChI=1S/C22H31N5/c1-3-23-22(24-14-13-19-12-11-18(2)25-16-19)26-20-8-7-15-27(17-20)21-9-5-4-6-10-21/h4-6,9-12,16,20H,3,7-8,13-15,17H2,1-2H3,(H2,23,24,26). The second-order valence-corrected chi connectivity index (χ2v) is 7.08. The monoisotopic (exact) mass is 365 g/mol. The Hall–Kier alpha value is -2.56. The molecule has 2 aromatic rings. The number of anilines is 1. The molecule has 1 fully saturated rings. The predicted molar refractivity (Wildman–Crippen MR) is 113 cm³/mol. The molecule has 5 nitrogen and oxygen atoms in total. The van der Waals surface area contributed by atoms with Gasteiger partial charge in [-0.3, -0.25) is 9.98 Å². The quantitative estimate of drug-likeness (QED) is 0.610. The molecule has 0 radical (unpaired) electrons. The number of guanidine groups is 1. The number of hydrogen-bond donors (Lipinski definition) is 2. The van der Waals surface area contributed by atoms with Crippen molar-refractivity contribution >= 4 is 11.6 Å². The minimum absolute atomic E-state index is 0.415. The second-order valence-electron chi connectivity index (χ2n) is 7.08. The molecule has 2 heterocycles. The topological polar surface area (TPSA) is 52.6 Å². The SMILES string of the molecule is CCNC(=NCCc1ccc(C)nc1)NC1CCCN(c2ccccc2)C1. The van der Waals surface area contributed by atoms with Crippen LogP contribution in [0.25, 0.3) is 0 Å². The number of rotatable bonds is 6. The van der Waals surface area contributed by atoms with Crippen LogP contribution < -0.4 is 15.5 Å². The largest absolute Gasteiger partial charge is 0.369 e. The number of piperidine rings is 1. The molecule has 2 N–H and O–H groups in total. The normalized spacial score (nSPS) is 17.6. The lowest BCUT2D eigenvalue weighted by Gasteiger charge is -2.35. The van der Waals surface area contributed by atoms with E-state index in [9.17, 15) is 0 Å². The maximum absolute atomic E-state index is 4.77. The molecule has 144 valence electrons. The summed E-state index contributed by atoms with van der Waals surface area (Å²) in [5.41, 5.74) is 3.59. The lowest BCUT2D eigenvalue weighted by Crippen LogP contribution is -2.51. The molecule has 0 amide bonds. The molecule has 0 saturated carbocycles. The summed E-state index contributed by atoms with van der Waals surface area (Å²) in [5, 5.41) is 7.02. The van der Waals surface area contributed by atoms with Gasteiger partial charge in [-0.1, -0.05) is 24.3 Å². The van der Waals surface area contributed by atoms with Crippen LogP contribution in [0.5, 0.6) is 0 Å². The first-order valence-corrected chi connectivity index (χ1v) is 10.0. The van der Waals surface area contributed by atoms with Gasteiger partial charge in [0.1, 0.15) is 0 Å². The highest BCUT2D eigenvalue weighted by atomic mass is 15.2. The number of aromatic nitrogens is 1. The number of aliphatic imine (C=N–C) groups is 1. The van der Waals surface area contributed by atoms with Crippen molar-refractivity contribution < 1.29 is 0 Å². The van der Waals surface area contributed by atoms with E-state index in [4.69, 9.17) is 4.99 Å². The lowest BCUT2D eigenvalue weighted by molar-refractivity contribution is 0.468. The summed E-state index contributed by atoms with van der Waals surface area (Å²) in [7, 11) is 0. The van der Waals surface area contributed by atoms with Crippen molar-refractivity contribution in [3.8, 4) is 0 Å². The van der Waals surface area contributed by atoms with Crippen LogP contribution in [-0.2, 0) is 6.42 Å². The van der Waals surface area contributed by atoms with Crippen LogP contribution in [-0.4, -0.2) is 43.2 Å². The number of benzene rings is 1. The van der Waals surface area contributed by atoms with Gasteiger partial charge in [-0.05, 0) is 56.9 Å². The van der Waals surface area contributed by atoms with Gasteiger partial charge in [0, 0.05) is 49.8 Å².